The first kappa shape index (κ1) is 12.9. The van der Waals surface area contributed by atoms with E-state index in [0.717, 1.165) is 0 Å². The zero-order chi connectivity index (χ0) is 13.9. The van der Waals surface area contributed by atoms with Gasteiger partial charge in [0.2, 0.25) is 0 Å². The Morgan fingerprint density at radius 2 is 2.00 bits per heavy atom. The van der Waals surface area contributed by atoms with Crippen molar-refractivity contribution in [3.05, 3.63) is 42.1 Å². The molecule has 2 rings (SSSR count). The second-order valence-electron chi connectivity index (χ2n) is 3.59. The molecule has 0 saturated heterocycles. The average Bonchev–Trinajstić information content (AvgIpc) is 2.93. The summed E-state index contributed by atoms with van der Waals surface area (Å²) < 4.78 is 26.1. The minimum Gasteiger partial charge on any atom is -0.409 e. The van der Waals surface area contributed by atoms with Crippen molar-refractivity contribution in [1.82, 2.24) is 10.2 Å². The standard InChI is InChI=1S/C10H11N5O3S/c11-10(14-16)7-1-3-8(4-2-7)15-19(17,18)9-5-6-12-13-9/h1-6,15-16H,(H2,11,14)(H,12,13). The van der Waals surface area contributed by atoms with Crippen LogP contribution in [-0.4, -0.2) is 29.7 Å². The van der Waals surface area contributed by atoms with Crippen LogP contribution in [0.4, 0.5) is 5.69 Å². The Hall–Kier alpha value is -2.55. The summed E-state index contributed by atoms with van der Waals surface area (Å²) in [6.07, 6.45) is 1.34. The largest absolute Gasteiger partial charge is 0.409 e. The van der Waals surface area contributed by atoms with E-state index in [9.17, 15) is 8.42 Å². The number of aromatic amines is 1. The molecule has 2 aromatic rings. The number of anilines is 1. The fraction of sp³-hybridized carbons (Fsp3) is 0. The van der Waals surface area contributed by atoms with Crippen molar-refractivity contribution in [2.75, 3.05) is 4.72 Å². The van der Waals surface area contributed by atoms with Gasteiger partial charge in [0.05, 0.1) is 6.20 Å². The first-order chi connectivity index (χ1) is 9.03. The molecule has 19 heavy (non-hydrogen) atoms. The van der Waals surface area contributed by atoms with Crippen LogP contribution < -0.4 is 10.5 Å². The molecular formula is C10H11N5O3S. The van der Waals surface area contributed by atoms with Crippen LogP contribution in [0.2, 0.25) is 0 Å². The van der Waals surface area contributed by atoms with Crippen molar-refractivity contribution in [2.24, 2.45) is 10.9 Å². The van der Waals surface area contributed by atoms with Crippen molar-refractivity contribution in [3.63, 3.8) is 0 Å². The van der Waals surface area contributed by atoms with Crippen LogP contribution in [0.1, 0.15) is 5.56 Å². The minimum atomic E-state index is -3.69. The number of nitrogens with one attached hydrogen (secondary N) is 2. The van der Waals surface area contributed by atoms with Crippen molar-refractivity contribution in [2.45, 2.75) is 5.03 Å². The van der Waals surface area contributed by atoms with E-state index in [-0.39, 0.29) is 10.9 Å². The maximum Gasteiger partial charge on any atom is 0.278 e. The van der Waals surface area contributed by atoms with Crippen LogP contribution in [0.25, 0.3) is 0 Å². The second-order valence-corrected chi connectivity index (χ2v) is 5.24. The van der Waals surface area contributed by atoms with Gasteiger partial charge < -0.3 is 10.9 Å². The molecule has 8 nitrogen and oxygen atoms in total. The Morgan fingerprint density at radius 1 is 1.32 bits per heavy atom. The van der Waals surface area contributed by atoms with Gasteiger partial charge in [0.15, 0.2) is 10.9 Å². The fourth-order valence-corrected chi connectivity index (χ4v) is 2.34. The summed E-state index contributed by atoms with van der Waals surface area (Å²) >= 11 is 0. The summed E-state index contributed by atoms with van der Waals surface area (Å²) in [7, 11) is -3.69. The molecule has 100 valence electrons. The monoisotopic (exact) mass is 281 g/mol. The number of benzene rings is 1. The third-order valence-corrected chi connectivity index (χ3v) is 3.62. The molecule has 0 amide bonds. The van der Waals surface area contributed by atoms with Crippen molar-refractivity contribution < 1.29 is 13.6 Å². The van der Waals surface area contributed by atoms with E-state index in [0.29, 0.717) is 11.3 Å². The molecule has 0 unspecified atom stereocenters. The van der Waals surface area contributed by atoms with Gasteiger partial charge in [-0.3, -0.25) is 9.82 Å². The van der Waals surface area contributed by atoms with Gasteiger partial charge in [-0.2, -0.15) is 13.5 Å². The molecule has 0 radical (unpaired) electrons. The number of amidine groups is 1. The van der Waals surface area contributed by atoms with Gasteiger partial charge in [-0.05, 0) is 30.3 Å². The molecule has 1 heterocycles. The Kier molecular flexibility index (Phi) is 3.38. The summed E-state index contributed by atoms with van der Waals surface area (Å²) in [6.45, 7) is 0. The Balaban J connectivity index is 2.21. The van der Waals surface area contributed by atoms with E-state index < -0.39 is 10.0 Å². The second kappa shape index (κ2) is 4.98. The van der Waals surface area contributed by atoms with Crippen molar-refractivity contribution in [3.8, 4) is 0 Å². The van der Waals surface area contributed by atoms with E-state index in [1.165, 1.54) is 36.5 Å². The van der Waals surface area contributed by atoms with Crippen LogP contribution in [0.5, 0.6) is 0 Å². The average molecular weight is 281 g/mol. The number of aromatic nitrogens is 2. The van der Waals surface area contributed by atoms with Gasteiger partial charge in [0.25, 0.3) is 10.0 Å². The highest BCUT2D eigenvalue weighted by Crippen LogP contribution is 2.14. The van der Waals surface area contributed by atoms with Gasteiger partial charge >= 0.3 is 0 Å². The summed E-state index contributed by atoms with van der Waals surface area (Å²) in [6, 6.07) is 7.40. The highest BCUT2D eigenvalue weighted by atomic mass is 32.2. The maximum atomic E-state index is 11.9. The normalized spacial score (nSPS) is 12.3. The van der Waals surface area contributed by atoms with Gasteiger partial charge in [0, 0.05) is 11.3 Å². The number of hydrogen-bond donors (Lipinski definition) is 4. The first-order valence-corrected chi connectivity index (χ1v) is 6.61. The smallest absolute Gasteiger partial charge is 0.278 e. The number of nitrogens with two attached hydrogens (primary N) is 1. The SMILES string of the molecule is N/C(=N/O)c1ccc(NS(=O)(=O)c2ccn[nH]2)cc1. The zero-order valence-corrected chi connectivity index (χ0v) is 10.4. The lowest BCUT2D eigenvalue weighted by atomic mass is 10.2. The fourth-order valence-electron chi connectivity index (χ4n) is 1.37. The van der Waals surface area contributed by atoms with E-state index in [1.54, 1.807) is 0 Å². The molecular weight excluding hydrogens is 270 g/mol. The quantitative estimate of drug-likeness (QED) is 0.277. The molecule has 1 aromatic carbocycles. The predicted octanol–water partition coefficient (Wildman–Crippen LogP) is 0.305. The van der Waals surface area contributed by atoms with Gasteiger partial charge in [-0.15, -0.1) is 0 Å². The number of hydrogen-bond acceptors (Lipinski definition) is 5. The third-order valence-electron chi connectivity index (χ3n) is 2.31. The van der Waals surface area contributed by atoms with E-state index in [1.807, 2.05) is 0 Å². The van der Waals surface area contributed by atoms with Gasteiger partial charge in [-0.25, -0.2) is 0 Å². The zero-order valence-electron chi connectivity index (χ0n) is 9.61. The highest BCUT2D eigenvalue weighted by Gasteiger charge is 2.15. The molecule has 9 heteroatoms. The molecule has 0 spiro atoms. The van der Waals surface area contributed by atoms with E-state index in [4.69, 9.17) is 10.9 Å². The molecule has 0 fully saturated rings. The lowest BCUT2D eigenvalue weighted by molar-refractivity contribution is 0.318. The summed E-state index contributed by atoms with van der Waals surface area (Å²) in [5.74, 6) is -0.0528. The molecule has 0 aliphatic heterocycles. The lowest BCUT2D eigenvalue weighted by Crippen LogP contribution is -2.15. The highest BCUT2D eigenvalue weighted by molar-refractivity contribution is 7.92. The van der Waals surface area contributed by atoms with Gasteiger partial charge in [-0.1, -0.05) is 5.16 Å². The van der Waals surface area contributed by atoms with Crippen LogP contribution >= 0.6 is 0 Å². The predicted molar refractivity (Wildman–Crippen MR) is 68.3 cm³/mol. The number of nitrogens with zero attached hydrogens (tertiary/aromatic N) is 2. The summed E-state index contributed by atoms with van der Waals surface area (Å²) in [5.41, 5.74) is 6.23. The third kappa shape index (κ3) is 2.83. The summed E-state index contributed by atoms with van der Waals surface area (Å²) in [5, 5.41) is 17.3. The molecule has 0 saturated carbocycles. The van der Waals surface area contributed by atoms with Crippen LogP contribution in [0.3, 0.4) is 0 Å². The molecule has 0 bridgehead atoms. The van der Waals surface area contributed by atoms with Crippen LogP contribution in [-0.2, 0) is 10.0 Å². The maximum absolute atomic E-state index is 11.9. The lowest BCUT2D eigenvalue weighted by Gasteiger charge is -2.06. The molecule has 0 atom stereocenters. The molecule has 5 N–H and O–H groups in total. The minimum absolute atomic E-state index is 0.0342. The molecule has 1 aromatic heterocycles. The van der Waals surface area contributed by atoms with Crippen molar-refractivity contribution >= 4 is 21.5 Å². The van der Waals surface area contributed by atoms with E-state index in [2.05, 4.69) is 20.1 Å². The number of H-pyrrole nitrogens is 1. The Bertz CT molecular complexity index is 676. The first-order valence-electron chi connectivity index (χ1n) is 5.13. The number of rotatable bonds is 4. The number of sulfonamides is 1. The molecule has 0 aliphatic carbocycles. The topological polar surface area (TPSA) is 133 Å². The molecule has 0 aliphatic rings. The van der Waals surface area contributed by atoms with E-state index >= 15 is 0 Å². The Morgan fingerprint density at radius 3 is 2.53 bits per heavy atom. The summed E-state index contributed by atoms with van der Waals surface area (Å²) in [4.78, 5) is 0. The van der Waals surface area contributed by atoms with Crippen LogP contribution in [0, 0.1) is 0 Å². The van der Waals surface area contributed by atoms with Crippen molar-refractivity contribution in [1.29, 1.82) is 0 Å². The van der Waals surface area contributed by atoms with Crippen LogP contribution in [0.15, 0.2) is 46.7 Å². The number of oxime groups is 1. The van der Waals surface area contributed by atoms with Gasteiger partial charge in [0.1, 0.15) is 0 Å². The Labute approximate surface area is 109 Å².